The molecule has 3 unspecified atom stereocenters. The van der Waals surface area contributed by atoms with Gasteiger partial charge in [-0.1, -0.05) is 48.9 Å². The molecule has 0 aromatic heterocycles. The molecule has 8 heteroatoms. The molecule has 2 fully saturated rings. The summed E-state index contributed by atoms with van der Waals surface area (Å²) in [5.74, 6) is 1.07. The molecule has 3 aliphatic rings. The van der Waals surface area contributed by atoms with Crippen molar-refractivity contribution < 1.29 is 24.2 Å². The SMILES string of the molecule is O=C(O)N(CC1COc2ccccc2O1)C(C(=O)N1CCCCC1N1CCCCC1)c1ccccc1. The van der Waals surface area contributed by atoms with Crippen LogP contribution in [0.1, 0.15) is 50.1 Å². The molecule has 0 aliphatic carbocycles. The van der Waals surface area contributed by atoms with Crippen molar-refractivity contribution in [3.05, 3.63) is 60.2 Å². The number of likely N-dealkylation sites (tertiary alicyclic amines) is 2. The molecule has 36 heavy (non-hydrogen) atoms. The van der Waals surface area contributed by atoms with Gasteiger partial charge in [0.2, 0.25) is 0 Å². The number of hydrogen-bond acceptors (Lipinski definition) is 5. The Labute approximate surface area is 212 Å². The Morgan fingerprint density at radius 2 is 1.61 bits per heavy atom. The van der Waals surface area contributed by atoms with Crippen LogP contribution in [0.5, 0.6) is 11.5 Å². The predicted molar refractivity (Wildman–Crippen MR) is 135 cm³/mol. The van der Waals surface area contributed by atoms with Gasteiger partial charge in [-0.05, 0) is 49.8 Å². The van der Waals surface area contributed by atoms with E-state index in [-0.39, 0.29) is 25.2 Å². The Kier molecular flexibility index (Phi) is 7.60. The first-order chi connectivity index (χ1) is 17.6. The van der Waals surface area contributed by atoms with E-state index in [0.29, 0.717) is 23.6 Å². The highest BCUT2D eigenvalue weighted by molar-refractivity contribution is 5.87. The number of fused-ring (bicyclic) bond motifs is 1. The van der Waals surface area contributed by atoms with Crippen molar-refractivity contribution in [2.75, 3.05) is 32.8 Å². The summed E-state index contributed by atoms with van der Waals surface area (Å²) >= 11 is 0. The van der Waals surface area contributed by atoms with E-state index in [4.69, 9.17) is 9.47 Å². The fourth-order valence-corrected chi connectivity index (χ4v) is 5.68. The number of rotatable bonds is 6. The smallest absolute Gasteiger partial charge is 0.408 e. The number of hydrogen-bond donors (Lipinski definition) is 1. The van der Waals surface area contributed by atoms with Gasteiger partial charge in [0.05, 0.1) is 12.7 Å². The summed E-state index contributed by atoms with van der Waals surface area (Å²) in [7, 11) is 0. The van der Waals surface area contributed by atoms with E-state index in [1.807, 2.05) is 59.5 Å². The molecule has 2 saturated heterocycles. The first kappa shape index (κ1) is 24.4. The van der Waals surface area contributed by atoms with Crippen LogP contribution in [0, 0.1) is 0 Å². The summed E-state index contributed by atoms with van der Waals surface area (Å²) in [6.07, 6.45) is 4.80. The van der Waals surface area contributed by atoms with Gasteiger partial charge in [-0.25, -0.2) is 4.79 Å². The summed E-state index contributed by atoms with van der Waals surface area (Å²) in [6, 6.07) is 15.7. The van der Waals surface area contributed by atoms with Crippen molar-refractivity contribution in [1.82, 2.24) is 14.7 Å². The predicted octanol–water partition coefficient (Wildman–Crippen LogP) is 4.37. The maximum absolute atomic E-state index is 14.3. The Bertz CT molecular complexity index is 1040. The van der Waals surface area contributed by atoms with E-state index >= 15 is 0 Å². The van der Waals surface area contributed by atoms with E-state index in [1.165, 1.54) is 11.3 Å². The zero-order valence-electron chi connectivity index (χ0n) is 20.6. The Morgan fingerprint density at radius 3 is 2.36 bits per heavy atom. The lowest BCUT2D eigenvalue weighted by Gasteiger charge is -2.46. The molecule has 0 bridgehead atoms. The number of piperidine rings is 2. The van der Waals surface area contributed by atoms with Gasteiger partial charge in [0.25, 0.3) is 5.91 Å². The first-order valence-corrected chi connectivity index (χ1v) is 13.1. The van der Waals surface area contributed by atoms with Crippen molar-refractivity contribution >= 4 is 12.0 Å². The molecule has 5 rings (SSSR count). The standard InChI is InChI=1S/C28H35N3O5/c32-27(30-18-10-7-15-25(30)29-16-8-2-9-17-29)26(21-11-3-1-4-12-21)31(28(33)34)19-22-20-35-23-13-5-6-14-24(23)36-22/h1,3-6,11-14,22,25-26H,2,7-10,15-20H2,(H,33,34). The third kappa shape index (κ3) is 5.28. The second-order valence-corrected chi connectivity index (χ2v) is 9.85. The Morgan fingerprint density at radius 1 is 0.917 bits per heavy atom. The highest BCUT2D eigenvalue weighted by Gasteiger charge is 2.41. The van der Waals surface area contributed by atoms with E-state index in [1.54, 1.807) is 0 Å². The number of carbonyl (C=O) groups is 2. The molecule has 1 N–H and O–H groups in total. The maximum atomic E-state index is 14.3. The number of para-hydroxylation sites is 2. The molecule has 0 radical (unpaired) electrons. The molecular weight excluding hydrogens is 458 g/mol. The molecule has 8 nitrogen and oxygen atoms in total. The molecule has 0 saturated carbocycles. The lowest BCUT2D eigenvalue weighted by atomic mass is 9.99. The molecule has 3 atom stereocenters. The minimum absolute atomic E-state index is 0.0227. The van der Waals surface area contributed by atoms with E-state index in [9.17, 15) is 14.7 Å². The van der Waals surface area contributed by atoms with Crippen molar-refractivity contribution in [3.8, 4) is 11.5 Å². The zero-order chi connectivity index (χ0) is 24.9. The summed E-state index contributed by atoms with van der Waals surface area (Å²) in [5, 5.41) is 10.3. The van der Waals surface area contributed by atoms with Crippen molar-refractivity contribution in [2.45, 2.75) is 56.8 Å². The number of ether oxygens (including phenoxy) is 2. The van der Waals surface area contributed by atoms with Crippen LogP contribution in [0.3, 0.4) is 0 Å². The van der Waals surface area contributed by atoms with Gasteiger partial charge in [-0.3, -0.25) is 14.6 Å². The maximum Gasteiger partial charge on any atom is 0.408 e. The van der Waals surface area contributed by atoms with E-state index < -0.39 is 18.2 Å². The molecule has 2 aromatic rings. The summed E-state index contributed by atoms with van der Waals surface area (Å²) in [5.41, 5.74) is 0.671. The quantitative estimate of drug-likeness (QED) is 0.644. The van der Waals surface area contributed by atoms with Gasteiger partial charge in [0.1, 0.15) is 12.6 Å². The Hall–Kier alpha value is -3.26. The van der Waals surface area contributed by atoms with Gasteiger partial charge in [0.15, 0.2) is 17.6 Å². The normalized spacial score (nSPS) is 23.1. The second kappa shape index (κ2) is 11.2. The topological polar surface area (TPSA) is 82.5 Å². The molecule has 0 spiro atoms. The molecule has 2 amide bonds. The summed E-state index contributed by atoms with van der Waals surface area (Å²) in [4.78, 5) is 32.5. The number of nitrogens with zero attached hydrogens (tertiary/aromatic N) is 3. The number of carboxylic acid groups (broad SMARTS) is 1. The second-order valence-electron chi connectivity index (χ2n) is 9.85. The molecular formula is C28H35N3O5. The summed E-state index contributed by atoms with van der Waals surface area (Å²) < 4.78 is 11.9. The fourth-order valence-electron chi connectivity index (χ4n) is 5.68. The average molecular weight is 494 g/mol. The van der Waals surface area contributed by atoms with Crippen molar-refractivity contribution in [2.24, 2.45) is 0 Å². The number of benzene rings is 2. The highest BCUT2D eigenvalue weighted by Crippen LogP contribution is 2.33. The number of carbonyl (C=O) groups excluding carboxylic acids is 1. The molecule has 2 aromatic carbocycles. The van der Waals surface area contributed by atoms with Gasteiger partial charge in [0, 0.05) is 19.6 Å². The van der Waals surface area contributed by atoms with Gasteiger partial charge in [-0.2, -0.15) is 0 Å². The lowest BCUT2D eigenvalue weighted by Crippen LogP contribution is -2.58. The van der Waals surface area contributed by atoms with Crippen LogP contribution in [0.4, 0.5) is 4.79 Å². The van der Waals surface area contributed by atoms with Crippen LogP contribution in [-0.4, -0.2) is 76.9 Å². The Balaban J connectivity index is 1.42. The van der Waals surface area contributed by atoms with Crippen LogP contribution >= 0.6 is 0 Å². The average Bonchev–Trinajstić information content (AvgIpc) is 2.93. The van der Waals surface area contributed by atoms with Gasteiger partial charge >= 0.3 is 6.09 Å². The number of amides is 2. The molecule has 3 heterocycles. The first-order valence-electron chi connectivity index (χ1n) is 13.1. The van der Waals surface area contributed by atoms with Crippen LogP contribution in [0.2, 0.25) is 0 Å². The van der Waals surface area contributed by atoms with Crippen molar-refractivity contribution in [1.29, 1.82) is 0 Å². The van der Waals surface area contributed by atoms with Gasteiger partial charge in [-0.15, -0.1) is 0 Å². The van der Waals surface area contributed by atoms with Crippen molar-refractivity contribution in [3.63, 3.8) is 0 Å². The zero-order valence-corrected chi connectivity index (χ0v) is 20.6. The van der Waals surface area contributed by atoms with Crippen LogP contribution in [0.15, 0.2) is 54.6 Å². The monoisotopic (exact) mass is 493 g/mol. The van der Waals surface area contributed by atoms with E-state index in [0.717, 1.165) is 45.2 Å². The molecule has 192 valence electrons. The van der Waals surface area contributed by atoms with Gasteiger partial charge < -0.3 is 19.5 Å². The highest BCUT2D eigenvalue weighted by atomic mass is 16.6. The third-order valence-electron chi connectivity index (χ3n) is 7.44. The lowest BCUT2D eigenvalue weighted by molar-refractivity contribution is -0.146. The third-order valence-corrected chi connectivity index (χ3v) is 7.44. The minimum Gasteiger partial charge on any atom is -0.486 e. The minimum atomic E-state index is -1.15. The largest absolute Gasteiger partial charge is 0.486 e. The molecule has 3 aliphatic heterocycles. The van der Waals surface area contributed by atoms with Crippen LogP contribution < -0.4 is 9.47 Å². The van der Waals surface area contributed by atoms with Crippen LogP contribution in [-0.2, 0) is 4.79 Å². The van der Waals surface area contributed by atoms with Crippen LogP contribution in [0.25, 0.3) is 0 Å². The summed E-state index contributed by atoms with van der Waals surface area (Å²) in [6.45, 7) is 2.86. The fraction of sp³-hybridized carbons (Fsp3) is 0.500. The van der Waals surface area contributed by atoms with E-state index in [2.05, 4.69) is 4.90 Å².